The summed E-state index contributed by atoms with van der Waals surface area (Å²) in [6.07, 6.45) is 6.61. The average molecular weight is 340 g/mol. The Morgan fingerprint density at radius 3 is 2.76 bits per heavy atom. The van der Waals surface area contributed by atoms with Gasteiger partial charge in [-0.15, -0.1) is 0 Å². The average Bonchev–Trinajstić information content (AvgIpc) is 2.87. The van der Waals surface area contributed by atoms with Crippen LogP contribution in [0.1, 0.15) is 37.2 Å². The van der Waals surface area contributed by atoms with Crippen LogP contribution in [0.2, 0.25) is 0 Å². The van der Waals surface area contributed by atoms with Gasteiger partial charge in [0.05, 0.1) is 5.54 Å². The lowest BCUT2D eigenvalue weighted by Crippen LogP contribution is -2.52. The lowest BCUT2D eigenvalue weighted by atomic mass is 9.78. The largest absolute Gasteiger partial charge is 0.348 e. The number of anilines is 1. The van der Waals surface area contributed by atoms with E-state index in [1.165, 1.54) is 6.07 Å². The molecule has 1 aromatic carbocycles. The minimum atomic E-state index is -0.477. The maximum absolute atomic E-state index is 14.5. The monoisotopic (exact) mass is 340 g/mol. The lowest BCUT2D eigenvalue weighted by molar-refractivity contribution is -0.122. The van der Waals surface area contributed by atoms with Gasteiger partial charge in [0.2, 0.25) is 11.9 Å². The second-order valence-corrected chi connectivity index (χ2v) is 6.91. The van der Waals surface area contributed by atoms with Gasteiger partial charge in [0.1, 0.15) is 5.82 Å². The molecule has 2 aromatic rings. The van der Waals surface area contributed by atoms with Crippen LogP contribution in [0.5, 0.6) is 0 Å². The van der Waals surface area contributed by atoms with Gasteiger partial charge in [-0.1, -0.05) is 24.6 Å². The van der Waals surface area contributed by atoms with Crippen molar-refractivity contribution >= 4 is 11.9 Å². The summed E-state index contributed by atoms with van der Waals surface area (Å²) in [6, 6.07) is 8.64. The Balaban J connectivity index is 1.75. The molecule has 2 aliphatic heterocycles. The standard InChI is InChI=1S/C19H21FN4O/c20-16-7-2-1-6-14(16)15-12-24(18-21-10-5-11-22-18)13-19(15)9-4-3-8-17(25)23-19/h1-2,5-7,10-11,15H,3-4,8-9,12-13H2,(H,23,25)/t15-,19+/m0/s1. The Morgan fingerprint density at radius 1 is 1.16 bits per heavy atom. The highest BCUT2D eigenvalue weighted by Gasteiger charge is 2.50. The first-order valence-corrected chi connectivity index (χ1v) is 8.75. The van der Waals surface area contributed by atoms with Crippen LogP contribution in [0, 0.1) is 5.82 Å². The minimum absolute atomic E-state index is 0.0506. The first kappa shape index (κ1) is 16.0. The number of benzene rings is 1. The molecule has 25 heavy (non-hydrogen) atoms. The topological polar surface area (TPSA) is 58.1 Å². The van der Waals surface area contributed by atoms with Gasteiger partial charge in [0.25, 0.3) is 0 Å². The van der Waals surface area contributed by atoms with Crippen LogP contribution in [0.25, 0.3) is 0 Å². The number of carbonyl (C=O) groups is 1. The summed E-state index contributed by atoms with van der Waals surface area (Å²) >= 11 is 0. The number of nitrogens with one attached hydrogen (secondary N) is 1. The molecule has 0 bridgehead atoms. The van der Waals surface area contributed by atoms with E-state index in [9.17, 15) is 9.18 Å². The molecule has 0 saturated carbocycles. The second-order valence-electron chi connectivity index (χ2n) is 6.91. The molecule has 2 fully saturated rings. The van der Waals surface area contributed by atoms with Gasteiger partial charge in [-0.05, 0) is 30.5 Å². The van der Waals surface area contributed by atoms with E-state index in [2.05, 4.69) is 20.2 Å². The van der Waals surface area contributed by atoms with Crippen LogP contribution in [0.4, 0.5) is 10.3 Å². The molecule has 2 aliphatic rings. The first-order valence-electron chi connectivity index (χ1n) is 8.75. The van der Waals surface area contributed by atoms with Gasteiger partial charge in [-0.2, -0.15) is 0 Å². The van der Waals surface area contributed by atoms with E-state index in [1.54, 1.807) is 24.5 Å². The highest BCUT2D eigenvalue weighted by molar-refractivity contribution is 5.77. The fourth-order valence-electron chi connectivity index (χ4n) is 4.18. The van der Waals surface area contributed by atoms with Crippen LogP contribution in [0.15, 0.2) is 42.7 Å². The minimum Gasteiger partial charge on any atom is -0.348 e. The summed E-state index contributed by atoms with van der Waals surface area (Å²) < 4.78 is 14.5. The number of hydrogen-bond donors (Lipinski definition) is 1. The van der Waals surface area contributed by atoms with Crippen LogP contribution in [-0.2, 0) is 4.79 Å². The highest BCUT2D eigenvalue weighted by Crippen LogP contribution is 2.42. The predicted molar refractivity (Wildman–Crippen MR) is 92.7 cm³/mol. The van der Waals surface area contributed by atoms with E-state index in [0.29, 0.717) is 31.0 Å². The number of carbonyl (C=O) groups excluding carboxylic acids is 1. The lowest BCUT2D eigenvalue weighted by Gasteiger charge is -2.34. The summed E-state index contributed by atoms with van der Waals surface area (Å²) in [5.41, 5.74) is 0.178. The third-order valence-electron chi connectivity index (χ3n) is 5.32. The number of halogens is 1. The summed E-state index contributed by atoms with van der Waals surface area (Å²) in [5, 5.41) is 3.23. The molecule has 1 amide bonds. The summed E-state index contributed by atoms with van der Waals surface area (Å²) in [5.74, 6) is 0.328. The molecular formula is C19H21FN4O. The Morgan fingerprint density at radius 2 is 1.96 bits per heavy atom. The van der Waals surface area contributed by atoms with Gasteiger partial charge in [0.15, 0.2) is 0 Å². The summed E-state index contributed by atoms with van der Waals surface area (Å²) in [6.45, 7) is 1.19. The molecule has 6 heteroatoms. The smallest absolute Gasteiger partial charge is 0.225 e. The zero-order valence-electron chi connectivity index (χ0n) is 14.0. The molecular weight excluding hydrogens is 319 g/mol. The molecule has 2 saturated heterocycles. The molecule has 1 spiro atoms. The SMILES string of the molecule is O=C1CCCC[C@]2(CN(c3ncccn3)C[C@H]2c2ccccc2F)N1. The molecule has 0 aliphatic carbocycles. The van der Waals surface area contributed by atoms with Gasteiger partial charge >= 0.3 is 0 Å². The molecule has 3 heterocycles. The Bertz CT molecular complexity index is 769. The summed E-state index contributed by atoms with van der Waals surface area (Å²) in [7, 11) is 0. The summed E-state index contributed by atoms with van der Waals surface area (Å²) in [4.78, 5) is 23.0. The number of nitrogens with zero attached hydrogens (tertiary/aromatic N) is 3. The van der Waals surface area contributed by atoms with Gasteiger partial charge in [-0.3, -0.25) is 4.79 Å². The van der Waals surface area contributed by atoms with Crippen molar-refractivity contribution in [2.75, 3.05) is 18.0 Å². The molecule has 1 aromatic heterocycles. The van der Waals surface area contributed by atoms with Gasteiger partial charge < -0.3 is 10.2 Å². The van der Waals surface area contributed by atoms with Crippen molar-refractivity contribution in [1.82, 2.24) is 15.3 Å². The maximum Gasteiger partial charge on any atom is 0.225 e. The van der Waals surface area contributed by atoms with Crippen LogP contribution in [-0.4, -0.2) is 34.5 Å². The Kier molecular flexibility index (Phi) is 4.11. The van der Waals surface area contributed by atoms with Crippen molar-refractivity contribution in [2.24, 2.45) is 0 Å². The van der Waals surface area contributed by atoms with E-state index in [-0.39, 0.29) is 17.6 Å². The van der Waals surface area contributed by atoms with Crippen molar-refractivity contribution in [1.29, 1.82) is 0 Å². The number of rotatable bonds is 2. The first-order chi connectivity index (χ1) is 12.2. The van der Waals surface area contributed by atoms with Crippen LogP contribution < -0.4 is 10.2 Å². The molecule has 4 rings (SSSR count). The van der Waals surface area contributed by atoms with Gasteiger partial charge in [-0.25, -0.2) is 14.4 Å². The van der Waals surface area contributed by atoms with E-state index in [4.69, 9.17) is 0 Å². The van der Waals surface area contributed by atoms with Gasteiger partial charge in [0, 0.05) is 37.8 Å². The van der Waals surface area contributed by atoms with E-state index < -0.39 is 5.54 Å². The van der Waals surface area contributed by atoms with E-state index in [0.717, 1.165) is 19.3 Å². The quantitative estimate of drug-likeness (QED) is 0.913. The molecule has 1 N–H and O–H groups in total. The molecule has 0 radical (unpaired) electrons. The number of amides is 1. The highest BCUT2D eigenvalue weighted by atomic mass is 19.1. The molecule has 130 valence electrons. The van der Waals surface area contributed by atoms with Crippen molar-refractivity contribution in [3.05, 3.63) is 54.1 Å². The van der Waals surface area contributed by atoms with E-state index >= 15 is 0 Å². The van der Waals surface area contributed by atoms with E-state index in [1.807, 2.05) is 12.1 Å². The van der Waals surface area contributed by atoms with Crippen molar-refractivity contribution in [3.8, 4) is 0 Å². The molecule has 5 nitrogen and oxygen atoms in total. The Labute approximate surface area is 146 Å². The van der Waals surface area contributed by atoms with Crippen molar-refractivity contribution in [3.63, 3.8) is 0 Å². The molecule has 2 atom stereocenters. The second kappa shape index (κ2) is 6.43. The third kappa shape index (κ3) is 2.97. The van der Waals surface area contributed by atoms with Crippen LogP contribution >= 0.6 is 0 Å². The number of hydrogen-bond acceptors (Lipinski definition) is 4. The van der Waals surface area contributed by atoms with Crippen LogP contribution in [0.3, 0.4) is 0 Å². The fourth-order valence-corrected chi connectivity index (χ4v) is 4.18. The maximum atomic E-state index is 14.5. The third-order valence-corrected chi connectivity index (χ3v) is 5.32. The number of aromatic nitrogens is 2. The van der Waals surface area contributed by atoms with Crippen molar-refractivity contribution < 1.29 is 9.18 Å². The molecule has 0 unspecified atom stereocenters. The zero-order valence-corrected chi connectivity index (χ0v) is 14.0. The predicted octanol–water partition coefficient (Wildman–Crippen LogP) is 2.65. The normalized spacial score (nSPS) is 26.5. The van der Waals surface area contributed by atoms with Crippen molar-refractivity contribution in [2.45, 2.75) is 37.1 Å². The zero-order chi connectivity index (χ0) is 17.3. The Hall–Kier alpha value is -2.50. The fraction of sp³-hybridized carbons (Fsp3) is 0.421.